The highest BCUT2D eigenvalue weighted by molar-refractivity contribution is 6.03. The minimum atomic E-state index is -0.432. The Morgan fingerprint density at radius 2 is 1.69 bits per heavy atom. The Morgan fingerprint density at radius 3 is 2.53 bits per heavy atom. The van der Waals surface area contributed by atoms with Crippen molar-refractivity contribution in [3.8, 4) is 17.5 Å². The SMILES string of the molecule is O=C(Nc1cccnc1OCc1ccccc1)c1ccc2nnc(-c3ncccn3)n2n1. The molecule has 156 valence electrons. The first-order valence-electron chi connectivity index (χ1n) is 9.71. The van der Waals surface area contributed by atoms with Crippen LogP contribution in [-0.2, 0) is 6.61 Å². The van der Waals surface area contributed by atoms with Crippen LogP contribution < -0.4 is 10.1 Å². The predicted molar refractivity (Wildman–Crippen MR) is 115 cm³/mol. The molecule has 5 rings (SSSR count). The maximum atomic E-state index is 12.9. The van der Waals surface area contributed by atoms with Crippen LogP contribution in [0.1, 0.15) is 16.1 Å². The third-order valence-electron chi connectivity index (χ3n) is 4.50. The zero-order valence-corrected chi connectivity index (χ0v) is 16.7. The van der Waals surface area contributed by atoms with E-state index in [1.807, 2.05) is 30.3 Å². The number of hydrogen-bond donors (Lipinski definition) is 1. The first-order valence-corrected chi connectivity index (χ1v) is 9.71. The molecule has 4 heterocycles. The van der Waals surface area contributed by atoms with E-state index in [4.69, 9.17) is 4.74 Å². The summed E-state index contributed by atoms with van der Waals surface area (Å²) in [6, 6.07) is 18.0. The number of nitrogens with zero attached hydrogens (tertiary/aromatic N) is 7. The molecule has 5 aromatic rings. The smallest absolute Gasteiger partial charge is 0.276 e. The van der Waals surface area contributed by atoms with Crippen molar-refractivity contribution in [2.75, 3.05) is 5.32 Å². The average molecular weight is 424 g/mol. The summed E-state index contributed by atoms with van der Waals surface area (Å²) in [6.07, 6.45) is 4.79. The van der Waals surface area contributed by atoms with Gasteiger partial charge in [0, 0.05) is 18.6 Å². The summed E-state index contributed by atoms with van der Waals surface area (Å²) in [7, 11) is 0. The van der Waals surface area contributed by atoms with Crippen molar-refractivity contribution in [2.45, 2.75) is 6.61 Å². The van der Waals surface area contributed by atoms with E-state index >= 15 is 0 Å². The molecule has 1 aromatic carbocycles. The topological polar surface area (TPSA) is 120 Å². The number of anilines is 1. The van der Waals surface area contributed by atoms with E-state index in [0.717, 1.165) is 5.56 Å². The summed E-state index contributed by atoms with van der Waals surface area (Å²) in [5.74, 6) is 0.573. The van der Waals surface area contributed by atoms with Gasteiger partial charge < -0.3 is 10.1 Å². The number of nitrogens with one attached hydrogen (secondary N) is 1. The van der Waals surface area contributed by atoms with Gasteiger partial charge in [-0.2, -0.15) is 9.61 Å². The summed E-state index contributed by atoms with van der Waals surface area (Å²) in [4.78, 5) is 25.5. The van der Waals surface area contributed by atoms with Crippen LogP contribution in [0.5, 0.6) is 5.88 Å². The normalized spacial score (nSPS) is 10.8. The molecule has 4 aromatic heterocycles. The lowest BCUT2D eigenvalue weighted by molar-refractivity contribution is 0.102. The van der Waals surface area contributed by atoms with E-state index in [9.17, 15) is 4.79 Å². The van der Waals surface area contributed by atoms with Crippen LogP contribution in [0, 0.1) is 0 Å². The van der Waals surface area contributed by atoms with Gasteiger partial charge in [0.25, 0.3) is 5.91 Å². The minimum Gasteiger partial charge on any atom is -0.471 e. The number of ether oxygens (including phenoxy) is 1. The molecule has 0 radical (unpaired) electrons. The van der Waals surface area contributed by atoms with E-state index < -0.39 is 5.91 Å². The molecule has 0 atom stereocenters. The van der Waals surface area contributed by atoms with E-state index in [2.05, 4.69) is 35.6 Å². The number of hydrogen-bond acceptors (Lipinski definition) is 8. The number of aromatic nitrogens is 7. The van der Waals surface area contributed by atoms with Gasteiger partial charge in [0.1, 0.15) is 18.0 Å². The second-order valence-corrected chi connectivity index (χ2v) is 6.67. The van der Waals surface area contributed by atoms with Gasteiger partial charge in [-0.05, 0) is 35.9 Å². The predicted octanol–water partition coefficient (Wildman–Crippen LogP) is 2.81. The Morgan fingerprint density at radius 1 is 0.875 bits per heavy atom. The van der Waals surface area contributed by atoms with Crippen LogP contribution in [0.25, 0.3) is 17.3 Å². The van der Waals surface area contributed by atoms with Crippen molar-refractivity contribution in [3.63, 3.8) is 0 Å². The van der Waals surface area contributed by atoms with Gasteiger partial charge in [-0.3, -0.25) is 4.79 Å². The van der Waals surface area contributed by atoms with E-state index in [-0.39, 0.29) is 5.69 Å². The highest BCUT2D eigenvalue weighted by Crippen LogP contribution is 2.22. The highest BCUT2D eigenvalue weighted by atomic mass is 16.5. The average Bonchev–Trinajstić information content (AvgIpc) is 3.28. The van der Waals surface area contributed by atoms with Crippen LogP contribution in [0.4, 0.5) is 5.69 Å². The van der Waals surface area contributed by atoms with Crippen LogP contribution in [0.15, 0.2) is 79.3 Å². The molecule has 0 saturated heterocycles. The molecule has 10 nitrogen and oxygen atoms in total. The summed E-state index contributed by atoms with van der Waals surface area (Å²) in [5, 5.41) is 15.3. The molecule has 0 fully saturated rings. The molecule has 0 spiro atoms. The summed E-state index contributed by atoms with van der Waals surface area (Å²) < 4.78 is 7.24. The van der Waals surface area contributed by atoms with Crippen molar-refractivity contribution < 1.29 is 9.53 Å². The van der Waals surface area contributed by atoms with Gasteiger partial charge in [0.05, 0.1) is 0 Å². The van der Waals surface area contributed by atoms with Crippen molar-refractivity contribution in [2.24, 2.45) is 0 Å². The number of carbonyl (C=O) groups excluding carboxylic acids is 1. The van der Waals surface area contributed by atoms with Crippen molar-refractivity contribution in [1.82, 2.24) is 34.8 Å². The Hall–Kier alpha value is -4.73. The molecular formula is C22H16N8O2. The van der Waals surface area contributed by atoms with Crippen molar-refractivity contribution in [1.29, 1.82) is 0 Å². The number of carbonyl (C=O) groups is 1. The maximum absolute atomic E-state index is 12.9. The van der Waals surface area contributed by atoms with Crippen LogP contribution in [0.2, 0.25) is 0 Å². The lowest BCUT2D eigenvalue weighted by Crippen LogP contribution is -2.16. The number of benzene rings is 1. The van der Waals surface area contributed by atoms with Gasteiger partial charge in [0.15, 0.2) is 11.5 Å². The summed E-state index contributed by atoms with van der Waals surface area (Å²) in [5.41, 5.74) is 2.06. The number of rotatable bonds is 6. The third kappa shape index (κ3) is 3.97. The van der Waals surface area contributed by atoms with Crippen LogP contribution >= 0.6 is 0 Å². The second-order valence-electron chi connectivity index (χ2n) is 6.67. The zero-order chi connectivity index (χ0) is 21.8. The van der Waals surface area contributed by atoms with E-state index in [0.29, 0.717) is 35.5 Å². The van der Waals surface area contributed by atoms with Gasteiger partial charge in [0.2, 0.25) is 11.7 Å². The van der Waals surface area contributed by atoms with Gasteiger partial charge >= 0.3 is 0 Å². The molecule has 0 aliphatic rings. The van der Waals surface area contributed by atoms with Crippen molar-refractivity contribution >= 4 is 17.2 Å². The summed E-state index contributed by atoms with van der Waals surface area (Å²) in [6.45, 7) is 0.325. The first-order chi connectivity index (χ1) is 15.8. The molecule has 1 N–H and O–H groups in total. The molecule has 32 heavy (non-hydrogen) atoms. The standard InChI is InChI=1S/C22H16N8O2/c31-21(26-17-8-4-11-25-22(17)32-14-15-6-2-1-3-7-15)16-9-10-18-27-28-20(30(18)29-16)19-23-12-5-13-24-19/h1-13H,14H2,(H,26,31). The van der Waals surface area contributed by atoms with Crippen LogP contribution in [0.3, 0.4) is 0 Å². The Bertz CT molecular complexity index is 1370. The van der Waals surface area contributed by atoms with Crippen molar-refractivity contribution in [3.05, 3.63) is 90.5 Å². The highest BCUT2D eigenvalue weighted by Gasteiger charge is 2.16. The quantitative estimate of drug-likeness (QED) is 0.442. The lowest BCUT2D eigenvalue weighted by Gasteiger charge is -2.11. The molecule has 0 aliphatic carbocycles. The fourth-order valence-corrected chi connectivity index (χ4v) is 2.98. The minimum absolute atomic E-state index is 0.160. The van der Waals surface area contributed by atoms with E-state index in [1.165, 1.54) is 4.52 Å². The molecule has 0 bridgehead atoms. The summed E-state index contributed by atoms with van der Waals surface area (Å²) >= 11 is 0. The molecule has 0 unspecified atom stereocenters. The Kier molecular flexibility index (Phi) is 5.15. The number of pyridine rings is 1. The zero-order valence-electron chi connectivity index (χ0n) is 16.7. The Labute approximate surface area is 182 Å². The van der Waals surface area contributed by atoms with Gasteiger partial charge in [-0.1, -0.05) is 30.3 Å². The second kappa shape index (κ2) is 8.56. The maximum Gasteiger partial charge on any atom is 0.276 e. The molecule has 0 aliphatic heterocycles. The van der Waals surface area contributed by atoms with Gasteiger partial charge in [-0.25, -0.2) is 15.0 Å². The molecule has 1 amide bonds. The third-order valence-corrected chi connectivity index (χ3v) is 4.50. The van der Waals surface area contributed by atoms with E-state index in [1.54, 1.807) is 48.9 Å². The first kappa shape index (κ1) is 19.2. The van der Waals surface area contributed by atoms with Crippen LogP contribution in [-0.4, -0.2) is 40.7 Å². The number of fused-ring (bicyclic) bond motifs is 1. The molecular weight excluding hydrogens is 408 g/mol. The Balaban J connectivity index is 1.38. The lowest BCUT2D eigenvalue weighted by atomic mass is 10.2. The molecule has 0 saturated carbocycles. The monoisotopic (exact) mass is 424 g/mol. The fraction of sp³-hybridized carbons (Fsp3) is 0.0455. The number of amides is 1. The fourth-order valence-electron chi connectivity index (χ4n) is 2.98. The largest absolute Gasteiger partial charge is 0.471 e. The molecule has 10 heteroatoms. The van der Waals surface area contributed by atoms with Gasteiger partial charge in [-0.15, -0.1) is 10.2 Å².